The minimum Gasteiger partial charge on any atom is -0.207 e. The molecular formula is C16H19F. The average Bonchev–Trinajstić information content (AvgIpc) is 2.37. The smallest absolute Gasteiger partial charge is 0.123 e. The fraction of sp³-hybridized carbons (Fsp3) is 0.250. The molecule has 0 saturated heterocycles. The fourth-order valence-corrected chi connectivity index (χ4v) is 1.54. The standard InChI is InChI=1S/C14H13F.C2H6/c1-11-2-4-12(5-3-11)10-13-6-8-14(15)9-7-13;1-2/h2-9H,10H2,1H3;1-2H3. The summed E-state index contributed by atoms with van der Waals surface area (Å²) in [6.45, 7) is 6.07. The van der Waals surface area contributed by atoms with Crippen LogP contribution in [-0.4, -0.2) is 0 Å². The number of aryl methyl sites for hydroxylation is 1. The van der Waals surface area contributed by atoms with Crippen molar-refractivity contribution in [2.75, 3.05) is 0 Å². The lowest BCUT2D eigenvalue weighted by molar-refractivity contribution is 0.627. The summed E-state index contributed by atoms with van der Waals surface area (Å²) >= 11 is 0. The van der Waals surface area contributed by atoms with Gasteiger partial charge in [-0.05, 0) is 36.6 Å². The lowest BCUT2D eigenvalue weighted by Gasteiger charge is -2.02. The topological polar surface area (TPSA) is 0 Å². The molecule has 90 valence electrons. The molecule has 0 heterocycles. The van der Waals surface area contributed by atoms with Gasteiger partial charge in [-0.25, -0.2) is 4.39 Å². The van der Waals surface area contributed by atoms with Gasteiger partial charge in [-0.15, -0.1) is 0 Å². The Bertz CT molecular complexity index is 383. The lowest BCUT2D eigenvalue weighted by Crippen LogP contribution is -1.88. The molecule has 0 radical (unpaired) electrons. The van der Waals surface area contributed by atoms with Gasteiger partial charge in [-0.3, -0.25) is 0 Å². The summed E-state index contributed by atoms with van der Waals surface area (Å²) in [6.07, 6.45) is 0.862. The predicted octanol–water partition coefficient (Wildman–Crippen LogP) is 4.75. The van der Waals surface area contributed by atoms with Gasteiger partial charge in [0.05, 0.1) is 0 Å². The molecule has 0 unspecified atom stereocenters. The highest BCUT2D eigenvalue weighted by molar-refractivity contribution is 5.28. The van der Waals surface area contributed by atoms with Gasteiger partial charge >= 0.3 is 0 Å². The molecular weight excluding hydrogens is 211 g/mol. The summed E-state index contributed by atoms with van der Waals surface area (Å²) in [5.74, 6) is -0.178. The maximum Gasteiger partial charge on any atom is 0.123 e. The Morgan fingerprint density at radius 1 is 0.765 bits per heavy atom. The third kappa shape index (κ3) is 4.39. The Balaban J connectivity index is 0.000000686. The van der Waals surface area contributed by atoms with Crippen LogP contribution in [0.2, 0.25) is 0 Å². The molecule has 0 bridgehead atoms. The van der Waals surface area contributed by atoms with Crippen molar-refractivity contribution >= 4 is 0 Å². The van der Waals surface area contributed by atoms with Crippen molar-refractivity contribution in [3.8, 4) is 0 Å². The highest BCUT2D eigenvalue weighted by Gasteiger charge is 1.96. The zero-order valence-corrected chi connectivity index (χ0v) is 10.7. The SMILES string of the molecule is CC.Cc1ccc(Cc2ccc(F)cc2)cc1. The first-order valence-electron chi connectivity index (χ1n) is 6.04. The fourth-order valence-electron chi connectivity index (χ4n) is 1.54. The first kappa shape index (κ1) is 13.4. The highest BCUT2D eigenvalue weighted by Crippen LogP contribution is 2.11. The van der Waals surface area contributed by atoms with Gasteiger partial charge in [0.25, 0.3) is 0 Å². The summed E-state index contributed by atoms with van der Waals surface area (Å²) in [6, 6.07) is 15.1. The molecule has 0 fully saturated rings. The van der Waals surface area contributed by atoms with Crippen molar-refractivity contribution in [1.82, 2.24) is 0 Å². The van der Waals surface area contributed by atoms with Crippen LogP contribution >= 0.6 is 0 Å². The highest BCUT2D eigenvalue weighted by atomic mass is 19.1. The summed E-state index contributed by atoms with van der Waals surface area (Å²) in [7, 11) is 0. The largest absolute Gasteiger partial charge is 0.207 e. The molecule has 0 aliphatic rings. The Kier molecular flexibility index (Phi) is 5.41. The summed E-state index contributed by atoms with van der Waals surface area (Å²) < 4.78 is 12.7. The normalized spacial score (nSPS) is 9.41. The lowest BCUT2D eigenvalue weighted by atomic mass is 10.0. The molecule has 0 nitrogen and oxygen atoms in total. The molecule has 2 aromatic carbocycles. The molecule has 0 N–H and O–H groups in total. The maximum absolute atomic E-state index is 12.7. The van der Waals surface area contributed by atoms with E-state index in [1.54, 1.807) is 0 Å². The number of hydrogen-bond acceptors (Lipinski definition) is 0. The van der Waals surface area contributed by atoms with E-state index in [0.717, 1.165) is 12.0 Å². The number of hydrogen-bond donors (Lipinski definition) is 0. The Morgan fingerprint density at radius 2 is 1.18 bits per heavy atom. The van der Waals surface area contributed by atoms with Gasteiger partial charge in [0, 0.05) is 0 Å². The summed E-state index contributed by atoms with van der Waals surface area (Å²) in [4.78, 5) is 0. The van der Waals surface area contributed by atoms with Crippen LogP contribution in [-0.2, 0) is 6.42 Å². The Morgan fingerprint density at radius 3 is 1.65 bits per heavy atom. The van der Waals surface area contributed by atoms with Gasteiger partial charge < -0.3 is 0 Å². The molecule has 0 atom stereocenters. The Labute approximate surface area is 103 Å². The third-order valence-corrected chi connectivity index (χ3v) is 2.44. The monoisotopic (exact) mass is 230 g/mol. The number of rotatable bonds is 2. The van der Waals surface area contributed by atoms with E-state index in [0.29, 0.717) is 0 Å². The van der Waals surface area contributed by atoms with Crippen LogP contribution < -0.4 is 0 Å². The van der Waals surface area contributed by atoms with E-state index in [1.807, 2.05) is 26.0 Å². The van der Waals surface area contributed by atoms with Crippen molar-refractivity contribution in [1.29, 1.82) is 0 Å². The molecule has 0 aliphatic heterocycles. The molecule has 0 aromatic heterocycles. The van der Waals surface area contributed by atoms with E-state index in [1.165, 1.54) is 23.3 Å². The first-order chi connectivity index (χ1) is 8.24. The Hall–Kier alpha value is -1.63. The van der Waals surface area contributed by atoms with E-state index >= 15 is 0 Å². The quantitative estimate of drug-likeness (QED) is 0.698. The van der Waals surface area contributed by atoms with Crippen molar-refractivity contribution in [2.24, 2.45) is 0 Å². The van der Waals surface area contributed by atoms with Gasteiger partial charge in [0.2, 0.25) is 0 Å². The third-order valence-electron chi connectivity index (χ3n) is 2.44. The van der Waals surface area contributed by atoms with Crippen molar-refractivity contribution in [2.45, 2.75) is 27.2 Å². The van der Waals surface area contributed by atoms with Crippen LogP contribution in [0.3, 0.4) is 0 Å². The maximum atomic E-state index is 12.7. The molecule has 0 amide bonds. The zero-order valence-electron chi connectivity index (χ0n) is 10.7. The molecule has 17 heavy (non-hydrogen) atoms. The zero-order chi connectivity index (χ0) is 12.7. The van der Waals surface area contributed by atoms with E-state index in [4.69, 9.17) is 0 Å². The van der Waals surface area contributed by atoms with Crippen LogP contribution in [0.15, 0.2) is 48.5 Å². The minimum absolute atomic E-state index is 0.178. The van der Waals surface area contributed by atoms with Gasteiger partial charge in [-0.1, -0.05) is 55.8 Å². The van der Waals surface area contributed by atoms with Crippen LogP contribution in [0.4, 0.5) is 4.39 Å². The van der Waals surface area contributed by atoms with E-state index in [-0.39, 0.29) is 5.82 Å². The van der Waals surface area contributed by atoms with E-state index in [9.17, 15) is 4.39 Å². The first-order valence-corrected chi connectivity index (χ1v) is 6.04. The van der Waals surface area contributed by atoms with Crippen LogP contribution in [0.5, 0.6) is 0 Å². The molecule has 2 rings (SSSR count). The van der Waals surface area contributed by atoms with Gasteiger partial charge in [0.1, 0.15) is 5.82 Å². The molecule has 2 aromatic rings. The second-order valence-electron chi connectivity index (χ2n) is 3.79. The van der Waals surface area contributed by atoms with Gasteiger partial charge in [-0.2, -0.15) is 0 Å². The number of benzene rings is 2. The molecule has 1 heteroatoms. The van der Waals surface area contributed by atoms with E-state index in [2.05, 4.69) is 31.2 Å². The van der Waals surface area contributed by atoms with E-state index < -0.39 is 0 Å². The van der Waals surface area contributed by atoms with Crippen molar-refractivity contribution < 1.29 is 4.39 Å². The molecule has 0 saturated carbocycles. The summed E-state index contributed by atoms with van der Waals surface area (Å²) in [5.41, 5.74) is 3.66. The second kappa shape index (κ2) is 6.85. The molecule has 0 aliphatic carbocycles. The molecule has 0 spiro atoms. The van der Waals surface area contributed by atoms with Crippen molar-refractivity contribution in [3.63, 3.8) is 0 Å². The van der Waals surface area contributed by atoms with Crippen LogP contribution in [0, 0.1) is 12.7 Å². The number of halogens is 1. The van der Waals surface area contributed by atoms with Crippen LogP contribution in [0.25, 0.3) is 0 Å². The average molecular weight is 230 g/mol. The predicted molar refractivity (Wildman–Crippen MR) is 71.7 cm³/mol. The van der Waals surface area contributed by atoms with Crippen molar-refractivity contribution in [3.05, 3.63) is 71.0 Å². The van der Waals surface area contributed by atoms with Gasteiger partial charge in [0.15, 0.2) is 0 Å². The second-order valence-corrected chi connectivity index (χ2v) is 3.79. The minimum atomic E-state index is -0.178. The van der Waals surface area contributed by atoms with Crippen LogP contribution in [0.1, 0.15) is 30.5 Å². The summed E-state index contributed by atoms with van der Waals surface area (Å²) in [5, 5.41) is 0.